The zero-order chi connectivity index (χ0) is 11.0. The van der Waals surface area contributed by atoms with Crippen LogP contribution in [0.25, 0.3) is 0 Å². The number of hydrogen-bond donors (Lipinski definition) is 0. The first-order valence-electron chi connectivity index (χ1n) is 5.42. The molecule has 0 radical (unpaired) electrons. The Bertz CT molecular complexity index is 204. The lowest BCUT2D eigenvalue weighted by Crippen LogP contribution is -2.42. The van der Waals surface area contributed by atoms with E-state index in [0.717, 1.165) is 11.9 Å². The summed E-state index contributed by atoms with van der Waals surface area (Å²) in [7, 11) is -1.51. The van der Waals surface area contributed by atoms with Gasteiger partial charge in [-0.05, 0) is 31.0 Å². The van der Waals surface area contributed by atoms with Crippen molar-refractivity contribution in [2.45, 2.75) is 51.7 Å². The average Bonchev–Trinajstić information content (AvgIpc) is 2.80. The Morgan fingerprint density at radius 3 is 2.07 bits per heavy atom. The highest BCUT2D eigenvalue weighted by Gasteiger charge is 2.45. The maximum atomic E-state index is 6.22. The van der Waals surface area contributed by atoms with Gasteiger partial charge in [-0.25, -0.2) is 0 Å². The van der Waals surface area contributed by atoms with Crippen molar-refractivity contribution in [2.75, 3.05) is 11.9 Å². The van der Waals surface area contributed by atoms with E-state index in [1.165, 1.54) is 12.8 Å². The summed E-state index contributed by atoms with van der Waals surface area (Å²) in [5.41, 5.74) is 0.496. The highest BCUT2D eigenvalue weighted by Crippen LogP contribution is 2.48. The Morgan fingerprint density at radius 2 is 1.79 bits per heavy atom. The first kappa shape index (κ1) is 12.7. The molecule has 0 amide bonds. The maximum absolute atomic E-state index is 6.22. The lowest BCUT2D eigenvalue weighted by molar-refractivity contribution is 0.229. The molecule has 3 heteroatoms. The fraction of sp³-hybridized carbons (Fsp3) is 1.00. The molecule has 1 saturated carbocycles. The quantitative estimate of drug-likeness (QED) is 0.554. The highest BCUT2D eigenvalue weighted by molar-refractivity contribution is 9.09. The molecule has 1 nitrogen and oxygen atoms in total. The Kier molecular flexibility index (Phi) is 3.55. The zero-order valence-corrected chi connectivity index (χ0v) is 12.7. The van der Waals surface area contributed by atoms with E-state index >= 15 is 0 Å². The van der Waals surface area contributed by atoms with Gasteiger partial charge < -0.3 is 4.43 Å². The molecule has 0 heterocycles. The molecular formula is C11H23BrOSi. The fourth-order valence-corrected chi connectivity index (χ4v) is 2.87. The molecule has 1 aliphatic rings. The van der Waals surface area contributed by atoms with Gasteiger partial charge in [-0.15, -0.1) is 0 Å². The van der Waals surface area contributed by atoms with Crippen LogP contribution in [0.5, 0.6) is 0 Å². The van der Waals surface area contributed by atoms with Gasteiger partial charge in [0.2, 0.25) is 0 Å². The molecule has 0 bridgehead atoms. The van der Waals surface area contributed by atoms with E-state index in [9.17, 15) is 0 Å². The van der Waals surface area contributed by atoms with Crippen LogP contribution >= 0.6 is 15.9 Å². The number of alkyl halides is 1. The van der Waals surface area contributed by atoms with Crippen molar-refractivity contribution in [3.05, 3.63) is 0 Å². The Hall–Kier alpha value is 0.657. The van der Waals surface area contributed by atoms with Gasteiger partial charge in [-0.2, -0.15) is 0 Å². The predicted octanol–water partition coefficient (Wildman–Crippen LogP) is 4.18. The van der Waals surface area contributed by atoms with Crippen LogP contribution in [-0.4, -0.2) is 20.3 Å². The molecule has 0 saturated heterocycles. The normalized spacial score (nSPS) is 21.0. The SMILES string of the molecule is CC(C)(C)[Si](C)(C)OCC1(CBr)CC1. The molecule has 0 atom stereocenters. The van der Waals surface area contributed by atoms with Crippen LogP contribution in [0, 0.1) is 5.41 Å². The summed E-state index contributed by atoms with van der Waals surface area (Å²) in [6, 6.07) is 0. The summed E-state index contributed by atoms with van der Waals surface area (Å²) in [6.07, 6.45) is 2.68. The van der Waals surface area contributed by atoms with E-state index in [2.05, 4.69) is 49.8 Å². The molecule has 0 aliphatic heterocycles. The third-order valence-electron chi connectivity index (χ3n) is 3.79. The minimum atomic E-state index is -1.51. The van der Waals surface area contributed by atoms with E-state index in [4.69, 9.17) is 4.43 Å². The second kappa shape index (κ2) is 3.91. The minimum Gasteiger partial charge on any atom is -0.416 e. The number of rotatable bonds is 4. The van der Waals surface area contributed by atoms with Gasteiger partial charge in [-0.1, -0.05) is 36.7 Å². The van der Waals surface area contributed by atoms with Crippen molar-refractivity contribution in [3.63, 3.8) is 0 Å². The summed E-state index contributed by atoms with van der Waals surface area (Å²) in [4.78, 5) is 0. The van der Waals surface area contributed by atoms with Crippen LogP contribution in [-0.2, 0) is 4.43 Å². The van der Waals surface area contributed by atoms with Crippen molar-refractivity contribution in [2.24, 2.45) is 5.41 Å². The van der Waals surface area contributed by atoms with Gasteiger partial charge in [0.1, 0.15) is 0 Å². The number of halogens is 1. The first-order valence-corrected chi connectivity index (χ1v) is 9.45. The zero-order valence-electron chi connectivity index (χ0n) is 10.1. The molecular weight excluding hydrogens is 256 g/mol. The molecule has 84 valence electrons. The highest BCUT2D eigenvalue weighted by atomic mass is 79.9. The third kappa shape index (κ3) is 2.83. The van der Waals surface area contributed by atoms with E-state index in [-0.39, 0.29) is 0 Å². The topological polar surface area (TPSA) is 9.23 Å². The lowest BCUT2D eigenvalue weighted by atomic mass is 10.2. The van der Waals surface area contributed by atoms with Crippen molar-refractivity contribution >= 4 is 24.2 Å². The van der Waals surface area contributed by atoms with Crippen LogP contribution in [0.2, 0.25) is 18.1 Å². The van der Waals surface area contributed by atoms with Crippen LogP contribution in [0.15, 0.2) is 0 Å². The van der Waals surface area contributed by atoms with Gasteiger partial charge >= 0.3 is 0 Å². The van der Waals surface area contributed by atoms with E-state index < -0.39 is 8.32 Å². The van der Waals surface area contributed by atoms with Gasteiger partial charge in [0.05, 0.1) is 0 Å². The van der Waals surface area contributed by atoms with E-state index in [0.29, 0.717) is 10.5 Å². The predicted molar refractivity (Wildman–Crippen MR) is 68.6 cm³/mol. The molecule has 0 unspecified atom stereocenters. The summed E-state index contributed by atoms with van der Waals surface area (Å²) >= 11 is 3.59. The molecule has 14 heavy (non-hydrogen) atoms. The van der Waals surface area contributed by atoms with E-state index in [1.54, 1.807) is 0 Å². The van der Waals surface area contributed by atoms with Crippen LogP contribution in [0.4, 0.5) is 0 Å². The van der Waals surface area contributed by atoms with Gasteiger partial charge in [0.25, 0.3) is 0 Å². The molecule has 1 aliphatic carbocycles. The maximum Gasteiger partial charge on any atom is 0.192 e. The lowest BCUT2D eigenvalue weighted by Gasteiger charge is -2.37. The largest absolute Gasteiger partial charge is 0.416 e. The molecule has 0 aromatic rings. The summed E-state index contributed by atoms with van der Waals surface area (Å²) < 4.78 is 6.22. The molecule has 0 aromatic carbocycles. The second-order valence-corrected chi connectivity index (χ2v) is 11.6. The third-order valence-corrected chi connectivity index (χ3v) is 9.45. The fourth-order valence-electron chi connectivity index (χ4n) is 1.04. The Balaban J connectivity index is 2.44. The van der Waals surface area contributed by atoms with Crippen molar-refractivity contribution < 1.29 is 4.43 Å². The van der Waals surface area contributed by atoms with E-state index in [1.807, 2.05) is 0 Å². The molecule has 1 rings (SSSR count). The molecule has 0 N–H and O–H groups in total. The number of hydrogen-bond acceptors (Lipinski definition) is 1. The van der Waals surface area contributed by atoms with Gasteiger partial charge in [-0.3, -0.25) is 0 Å². The standard InChI is InChI=1S/C11H23BrOSi/c1-10(2,3)14(4,5)13-9-11(8-12)6-7-11/h6-9H2,1-5H3. The Labute approximate surface area is 97.9 Å². The smallest absolute Gasteiger partial charge is 0.192 e. The molecule has 0 aromatic heterocycles. The summed E-state index contributed by atoms with van der Waals surface area (Å²) in [6.45, 7) is 12.5. The van der Waals surface area contributed by atoms with Crippen molar-refractivity contribution in [1.29, 1.82) is 0 Å². The summed E-state index contributed by atoms with van der Waals surface area (Å²) in [5, 5.41) is 1.45. The van der Waals surface area contributed by atoms with Crippen molar-refractivity contribution in [1.82, 2.24) is 0 Å². The minimum absolute atomic E-state index is 0.343. The first-order chi connectivity index (χ1) is 6.22. The summed E-state index contributed by atoms with van der Waals surface area (Å²) in [5.74, 6) is 0. The monoisotopic (exact) mass is 278 g/mol. The van der Waals surface area contributed by atoms with Crippen molar-refractivity contribution in [3.8, 4) is 0 Å². The van der Waals surface area contributed by atoms with Gasteiger partial charge in [0, 0.05) is 17.4 Å². The van der Waals surface area contributed by atoms with Crippen LogP contribution < -0.4 is 0 Å². The second-order valence-electron chi connectivity index (χ2n) is 6.18. The average molecular weight is 279 g/mol. The Morgan fingerprint density at radius 1 is 1.29 bits per heavy atom. The van der Waals surface area contributed by atoms with Crippen LogP contribution in [0.1, 0.15) is 33.6 Å². The van der Waals surface area contributed by atoms with Crippen LogP contribution in [0.3, 0.4) is 0 Å². The van der Waals surface area contributed by atoms with Gasteiger partial charge in [0.15, 0.2) is 8.32 Å². The molecule has 0 spiro atoms. The molecule has 1 fully saturated rings.